The summed E-state index contributed by atoms with van der Waals surface area (Å²) in [6.07, 6.45) is 0. The van der Waals surface area contributed by atoms with Gasteiger partial charge in [0, 0.05) is 33.4 Å². The van der Waals surface area contributed by atoms with Gasteiger partial charge in [-0.2, -0.15) is 26.3 Å². The molecule has 4 rings (SSSR count). The molecule has 0 aliphatic heterocycles. The number of hydrogen-bond donors (Lipinski definition) is 0. The Balaban J connectivity index is 2.20. The molecule has 0 saturated heterocycles. The van der Waals surface area contributed by atoms with Crippen LogP contribution in [0.2, 0.25) is 0 Å². The molecule has 0 amide bonds. The Morgan fingerprint density at radius 3 is 1.10 bits per heavy atom. The maximum Gasteiger partial charge on any atom is 0.141 e. The van der Waals surface area contributed by atoms with Gasteiger partial charge in [0.1, 0.15) is 65.2 Å². The summed E-state index contributed by atoms with van der Waals surface area (Å²) in [5.41, 5.74) is -6.85. The van der Waals surface area contributed by atoms with Crippen molar-refractivity contribution in [2.24, 2.45) is 0 Å². The number of nitrogens with zero attached hydrogens (tertiary/aromatic N) is 5. The number of nitriles is 5. The first-order valence-electron chi connectivity index (χ1n) is 11.2. The lowest BCUT2D eigenvalue weighted by atomic mass is 10.0. The highest BCUT2D eigenvalue weighted by Crippen LogP contribution is 2.56. The van der Waals surface area contributed by atoms with Gasteiger partial charge >= 0.3 is 0 Å². The Kier molecular flexibility index (Phi) is 7.21. The highest BCUT2D eigenvalue weighted by atomic mass is 19.1. The van der Waals surface area contributed by atoms with Crippen molar-refractivity contribution in [3.8, 4) is 30.3 Å². The molecule has 196 valence electrons. The molecule has 1 fully saturated rings. The second-order valence-electron chi connectivity index (χ2n) is 8.51. The van der Waals surface area contributed by atoms with Crippen molar-refractivity contribution in [2.45, 2.75) is 6.92 Å². The zero-order valence-corrected chi connectivity index (χ0v) is 20.5. The number of aryl methyl sites for hydroxylation is 1. The van der Waals surface area contributed by atoms with E-state index in [-0.39, 0.29) is 5.56 Å². The third-order valence-corrected chi connectivity index (χ3v) is 6.18. The maximum atomic E-state index is 15.0. The Hall–Kier alpha value is -6.09. The summed E-state index contributed by atoms with van der Waals surface area (Å²) in [4.78, 5) is 0. The van der Waals surface area contributed by atoms with Gasteiger partial charge in [-0.05, 0) is 48.9 Å². The predicted octanol–water partition coefficient (Wildman–Crippen LogP) is 6.82. The molecule has 11 heteroatoms. The number of hydrogen-bond acceptors (Lipinski definition) is 5. The molecule has 0 N–H and O–H groups in total. The van der Waals surface area contributed by atoms with Crippen LogP contribution in [0, 0.1) is 98.5 Å². The maximum absolute atomic E-state index is 15.0. The van der Waals surface area contributed by atoms with E-state index in [0.717, 1.165) is 6.07 Å². The largest absolute Gasteiger partial charge is 0.207 e. The van der Waals surface area contributed by atoms with Crippen molar-refractivity contribution in [1.29, 1.82) is 26.3 Å². The fourth-order valence-electron chi connectivity index (χ4n) is 4.18. The number of rotatable bonds is 3. The van der Waals surface area contributed by atoms with Crippen molar-refractivity contribution in [1.82, 2.24) is 0 Å². The van der Waals surface area contributed by atoms with E-state index in [1.165, 1.54) is 19.1 Å². The monoisotopic (exact) mass is 553 g/mol. The predicted molar refractivity (Wildman–Crippen MR) is 131 cm³/mol. The fraction of sp³-hybridized carbons (Fsp3) is 0.0333. The van der Waals surface area contributed by atoms with Crippen molar-refractivity contribution < 1.29 is 26.3 Å². The summed E-state index contributed by atoms with van der Waals surface area (Å²) in [7, 11) is 0. The minimum absolute atomic E-state index is 0.114. The quantitative estimate of drug-likeness (QED) is 0.261. The average molecular weight is 553 g/mol. The van der Waals surface area contributed by atoms with Crippen LogP contribution in [-0.4, -0.2) is 0 Å². The van der Waals surface area contributed by atoms with Crippen LogP contribution in [0.4, 0.5) is 26.3 Å². The van der Waals surface area contributed by atoms with E-state index in [0.29, 0.717) is 30.3 Å². The molecular formula is C30H9F6N5. The Bertz CT molecular complexity index is 1910. The van der Waals surface area contributed by atoms with E-state index in [2.05, 4.69) is 0 Å². The molecule has 3 aromatic rings. The fourth-order valence-corrected chi connectivity index (χ4v) is 4.18. The van der Waals surface area contributed by atoms with Gasteiger partial charge in [-0.15, -0.1) is 0 Å². The van der Waals surface area contributed by atoms with Crippen LogP contribution in [-0.2, 0) is 0 Å². The normalized spacial score (nSPS) is 14.1. The molecule has 0 unspecified atom stereocenters. The zero-order valence-electron chi connectivity index (χ0n) is 20.5. The van der Waals surface area contributed by atoms with E-state index >= 15 is 0 Å². The first kappa shape index (κ1) is 27.9. The van der Waals surface area contributed by atoms with Gasteiger partial charge in [-0.3, -0.25) is 0 Å². The van der Waals surface area contributed by atoms with Crippen LogP contribution in [0.15, 0.2) is 53.1 Å². The molecule has 1 saturated carbocycles. The van der Waals surface area contributed by atoms with Crippen LogP contribution < -0.4 is 0 Å². The lowest BCUT2D eigenvalue weighted by molar-refractivity contribution is 0.590. The number of allylic oxidation sites excluding steroid dienone is 6. The standard InChI is InChI=1S/C30H9F6N5/c1-13-2-25(34)16(5-22(13)31)19(10-39)28-29(20(11-40)17-6-23(32)14(8-37)3-26(17)35)30(28)21(12-41)18-7-24(33)15(9-38)4-27(18)36/h2-7H,1H3. The molecule has 41 heavy (non-hydrogen) atoms. The van der Waals surface area contributed by atoms with Crippen LogP contribution in [0.25, 0.3) is 16.7 Å². The van der Waals surface area contributed by atoms with E-state index < -0.39 is 96.2 Å². The Morgan fingerprint density at radius 2 is 0.780 bits per heavy atom. The minimum Gasteiger partial charge on any atom is -0.207 e. The van der Waals surface area contributed by atoms with E-state index in [9.17, 15) is 42.1 Å². The molecule has 0 atom stereocenters. The van der Waals surface area contributed by atoms with Gasteiger partial charge < -0.3 is 0 Å². The SMILES string of the molecule is Cc1cc(F)c(C(C#N)=C2C(=C(C#N)c3cc(F)c(C#N)cc3F)C2=C(C#N)c2cc(F)c(C#N)cc2F)cc1F. The molecule has 0 aromatic heterocycles. The summed E-state index contributed by atoms with van der Waals surface area (Å²) >= 11 is 0. The molecule has 0 radical (unpaired) electrons. The molecule has 1 aliphatic rings. The Labute approximate surface area is 228 Å². The molecule has 0 heterocycles. The van der Waals surface area contributed by atoms with Crippen LogP contribution in [0.1, 0.15) is 33.4 Å². The molecule has 0 bridgehead atoms. The average Bonchev–Trinajstić information content (AvgIpc) is 3.65. The highest BCUT2D eigenvalue weighted by molar-refractivity contribution is 6.12. The van der Waals surface area contributed by atoms with Crippen molar-refractivity contribution in [3.05, 3.63) is 121 Å². The molecular weight excluding hydrogens is 544 g/mol. The van der Waals surface area contributed by atoms with Crippen LogP contribution >= 0.6 is 0 Å². The summed E-state index contributed by atoms with van der Waals surface area (Å²) in [6, 6.07) is 11.2. The van der Waals surface area contributed by atoms with Gasteiger partial charge in [0.2, 0.25) is 0 Å². The Morgan fingerprint density at radius 1 is 0.463 bits per heavy atom. The third-order valence-electron chi connectivity index (χ3n) is 6.18. The molecule has 5 nitrogen and oxygen atoms in total. The first-order chi connectivity index (χ1) is 19.5. The highest BCUT2D eigenvalue weighted by Gasteiger charge is 2.43. The number of halogens is 6. The van der Waals surface area contributed by atoms with Crippen LogP contribution in [0.5, 0.6) is 0 Å². The topological polar surface area (TPSA) is 119 Å². The molecule has 0 spiro atoms. The second kappa shape index (κ2) is 10.6. The summed E-state index contributed by atoms with van der Waals surface area (Å²) in [6.45, 7) is 1.25. The van der Waals surface area contributed by atoms with E-state index in [4.69, 9.17) is 10.5 Å². The zero-order chi connectivity index (χ0) is 30.2. The van der Waals surface area contributed by atoms with Gasteiger partial charge in [0.25, 0.3) is 0 Å². The molecule has 3 aromatic carbocycles. The van der Waals surface area contributed by atoms with Gasteiger partial charge in [0.05, 0.1) is 27.8 Å². The van der Waals surface area contributed by atoms with Gasteiger partial charge in [0.15, 0.2) is 0 Å². The van der Waals surface area contributed by atoms with Crippen molar-refractivity contribution in [3.63, 3.8) is 0 Å². The minimum atomic E-state index is -1.25. The lowest BCUT2D eigenvalue weighted by Crippen LogP contribution is -1.95. The summed E-state index contributed by atoms with van der Waals surface area (Å²) in [5.74, 6) is -6.95. The lowest BCUT2D eigenvalue weighted by Gasteiger charge is -2.04. The third kappa shape index (κ3) is 4.68. The van der Waals surface area contributed by atoms with Gasteiger partial charge in [-0.1, -0.05) is 0 Å². The van der Waals surface area contributed by atoms with Crippen LogP contribution in [0.3, 0.4) is 0 Å². The van der Waals surface area contributed by atoms with E-state index in [1.807, 2.05) is 0 Å². The summed E-state index contributed by atoms with van der Waals surface area (Å²) in [5, 5.41) is 47.8. The van der Waals surface area contributed by atoms with E-state index in [1.54, 1.807) is 18.2 Å². The number of benzene rings is 3. The molecule has 1 aliphatic carbocycles. The van der Waals surface area contributed by atoms with Crippen molar-refractivity contribution >= 4 is 16.7 Å². The first-order valence-corrected chi connectivity index (χ1v) is 11.2. The van der Waals surface area contributed by atoms with Crippen molar-refractivity contribution in [2.75, 3.05) is 0 Å². The second-order valence-corrected chi connectivity index (χ2v) is 8.51. The summed E-state index contributed by atoms with van der Waals surface area (Å²) < 4.78 is 88.1. The smallest absolute Gasteiger partial charge is 0.141 e. The van der Waals surface area contributed by atoms with Gasteiger partial charge in [-0.25, -0.2) is 26.3 Å².